The Morgan fingerprint density at radius 1 is 0.679 bits per heavy atom. The molecule has 144 valence electrons. The van der Waals surface area contributed by atoms with E-state index in [4.69, 9.17) is 0 Å². The quantitative estimate of drug-likeness (QED) is 0.338. The van der Waals surface area contributed by atoms with E-state index >= 15 is 0 Å². The summed E-state index contributed by atoms with van der Waals surface area (Å²) in [6.45, 7) is 0. The molecular formula is C21H28Na2O5. The molecule has 3 aliphatic carbocycles. The van der Waals surface area contributed by atoms with Gasteiger partial charge in [0, 0.05) is 29.7 Å². The molecule has 0 aromatic heterocycles. The molecule has 3 fully saturated rings. The number of carbonyl (C=O) groups is 3. The molecule has 0 amide bonds. The van der Waals surface area contributed by atoms with Crippen molar-refractivity contribution in [2.75, 3.05) is 0 Å². The van der Waals surface area contributed by atoms with Crippen LogP contribution in [-0.4, -0.2) is 17.7 Å². The van der Waals surface area contributed by atoms with Crippen molar-refractivity contribution in [3.05, 3.63) is 12.2 Å². The van der Waals surface area contributed by atoms with E-state index in [1.165, 1.54) is 19.3 Å². The van der Waals surface area contributed by atoms with Crippen LogP contribution in [0.25, 0.3) is 0 Å². The van der Waals surface area contributed by atoms with Crippen LogP contribution >= 0.6 is 0 Å². The molecule has 0 aromatic carbocycles. The van der Waals surface area contributed by atoms with Crippen LogP contribution in [-0.2, 0) is 14.4 Å². The summed E-state index contributed by atoms with van der Waals surface area (Å²) < 4.78 is 0. The van der Waals surface area contributed by atoms with E-state index in [9.17, 15) is 24.6 Å². The first-order valence-corrected chi connectivity index (χ1v) is 10.1. The third-order valence-corrected chi connectivity index (χ3v) is 6.94. The zero-order valence-electron chi connectivity index (χ0n) is 17.2. The van der Waals surface area contributed by atoms with Crippen LogP contribution in [0, 0.1) is 35.5 Å². The molecule has 0 bridgehead atoms. The Morgan fingerprint density at radius 2 is 1.25 bits per heavy atom. The topological polar surface area (TPSA) is 97.3 Å². The first kappa shape index (κ1) is 26.4. The van der Waals surface area contributed by atoms with E-state index in [0.717, 1.165) is 12.8 Å². The van der Waals surface area contributed by atoms with Gasteiger partial charge in [-0.3, -0.25) is 4.79 Å². The largest absolute Gasteiger partial charge is 1.00 e. The second kappa shape index (κ2) is 12.3. The smallest absolute Gasteiger partial charge is 0.550 e. The number of hydrogen-bond donors (Lipinski definition) is 0. The van der Waals surface area contributed by atoms with Gasteiger partial charge in [-0.05, 0) is 62.4 Å². The van der Waals surface area contributed by atoms with Gasteiger partial charge in [0.05, 0.1) is 0 Å². The second-order valence-corrected chi connectivity index (χ2v) is 8.37. The molecule has 3 aliphatic rings. The van der Waals surface area contributed by atoms with E-state index in [1.54, 1.807) is 6.08 Å². The molecule has 0 heterocycles. The normalized spacial score (nSPS) is 33.2. The molecule has 3 saturated carbocycles. The number of aliphatic carboxylic acids is 2. The summed E-state index contributed by atoms with van der Waals surface area (Å²) in [6.07, 6.45) is 12.3. The Labute approximate surface area is 211 Å². The summed E-state index contributed by atoms with van der Waals surface area (Å²) in [5.74, 6) is -4.42. The maximum atomic E-state index is 12.8. The predicted octanol–water partition coefficient (Wildman–Crippen LogP) is -4.74. The summed E-state index contributed by atoms with van der Waals surface area (Å²) in [7, 11) is 0. The Balaban J connectivity index is 0.00000196. The third-order valence-electron chi connectivity index (χ3n) is 6.94. The summed E-state index contributed by atoms with van der Waals surface area (Å²) >= 11 is 0. The molecular weight excluding hydrogens is 378 g/mol. The zero-order valence-corrected chi connectivity index (χ0v) is 21.2. The van der Waals surface area contributed by atoms with Crippen molar-refractivity contribution in [1.82, 2.24) is 0 Å². The van der Waals surface area contributed by atoms with Gasteiger partial charge < -0.3 is 19.8 Å². The Morgan fingerprint density at radius 3 is 1.86 bits per heavy atom. The minimum atomic E-state index is -1.18. The van der Waals surface area contributed by atoms with Crippen LogP contribution in [0.15, 0.2) is 12.2 Å². The molecule has 0 aliphatic heterocycles. The van der Waals surface area contributed by atoms with Crippen LogP contribution < -0.4 is 69.3 Å². The van der Waals surface area contributed by atoms with Gasteiger partial charge >= 0.3 is 59.1 Å². The van der Waals surface area contributed by atoms with Gasteiger partial charge in [0.15, 0.2) is 5.78 Å². The van der Waals surface area contributed by atoms with Gasteiger partial charge in [0.1, 0.15) is 0 Å². The minimum absolute atomic E-state index is 0. The molecule has 0 aromatic rings. The van der Waals surface area contributed by atoms with Gasteiger partial charge in [-0.1, -0.05) is 31.8 Å². The molecule has 5 unspecified atom stereocenters. The third kappa shape index (κ3) is 6.18. The molecule has 0 N–H and O–H groups in total. The number of carbonyl (C=O) groups excluding carboxylic acids is 3. The van der Waals surface area contributed by atoms with E-state index in [-0.39, 0.29) is 76.7 Å². The van der Waals surface area contributed by atoms with E-state index in [0.29, 0.717) is 38.0 Å². The first-order chi connectivity index (χ1) is 12.5. The molecule has 7 heteroatoms. The Hall–Kier alpha value is 0.350. The summed E-state index contributed by atoms with van der Waals surface area (Å²) in [5, 5.41) is 23.1. The van der Waals surface area contributed by atoms with Gasteiger partial charge in [0.2, 0.25) is 0 Å². The van der Waals surface area contributed by atoms with Gasteiger partial charge in [-0.15, -0.1) is 0 Å². The van der Waals surface area contributed by atoms with Crippen LogP contribution in [0.3, 0.4) is 0 Å². The van der Waals surface area contributed by atoms with Gasteiger partial charge in [-0.25, -0.2) is 0 Å². The number of rotatable bonds is 5. The summed E-state index contributed by atoms with van der Waals surface area (Å²) in [4.78, 5) is 36.0. The minimum Gasteiger partial charge on any atom is -0.550 e. The fourth-order valence-corrected chi connectivity index (χ4v) is 5.65. The standard InChI is InChI=1S/C21H30O5.2Na/c22-18(12-9-13-5-2-1-3-6-13)14-10-11-17(21(25)26)19-15(14)7-4-8-16(19)20(23)24;;/h9,12-17,19H,1-8,10-11H2,(H,23,24)(H,25,26);;/q;2*+1/p-2/b12-9+;;. The van der Waals surface area contributed by atoms with Crippen molar-refractivity contribution in [3.63, 3.8) is 0 Å². The van der Waals surface area contributed by atoms with Gasteiger partial charge in [-0.2, -0.15) is 0 Å². The van der Waals surface area contributed by atoms with Crippen molar-refractivity contribution in [1.29, 1.82) is 0 Å². The van der Waals surface area contributed by atoms with E-state index < -0.39 is 29.7 Å². The predicted molar refractivity (Wildman–Crippen MR) is 91.3 cm³/mol. The number of ketones is 1. The molecule has 0 saturated heterocycles. The van der Waals surface area contributed by atoms with Crippen LogP contribution in [0.1, 0.15) is 64.2 Å². The SMILES string of the molecule is O=C(/C=C/C1CCCCC1)C1CCC(C(=O)[O-])C2C(C(=O)[O-])CCCC12.[Na+].[Na+]. The molecule has 5 atom stereocenters. The second-order valence-electron chi connectivity index (χ2n) is 8.37. The van der Waals surface area contributed by atoms with Crippen LogP contribution in [0.2, 0.25) is 0 Å². The summed E-state index contributed by atoms with van der Waals surface area (Å²) in [6, 6.07) is 0. The zero-order chi connectivity index (χ0) is 18.7. The van der Waals surface area contributed by atoms with Crippen molar-refractivity contribution in [2.45, 2.75) is 64.2 Å². The average Bonchev–Trinajstić information content (AvgIpc) is 2.65. The first-order valence-electron chi connectivity index (χ1n) is 10.1. The molecule has 3 rings (SSSR count). The average molecular weight is 406 g/mol. The summed E-state index contributed by atoms with van der Waals surface area (Å²) in [5.41, 5.74) is 0. The van der Waals surface area contributed by atoms with Crippen LogP contribution in [0.4, 0.5) is 0 Å². The number of carboxylic acids is 2. The van der Waals surface area contributed by atoms with Gasteiger partial charge in [0.25, 0.3) is 0 Å². The molecule has 0 radical (unpaired) electrons. The molecule has 0 spiro atoms. The number of hydrogen-bond acceptors (Lipinski definition) is 5. The van der Waals surface area contributed by atoms with E-state index in [2.05, 4.69) is 0 Å². The Kier molecular flexibility index (Phi) is 11.6. The fraction of sp³-hybridized carbons (Fsp3) is 0.762. The van der Waals surface area contributed by atoms with Crippen LogP contribution in [0.5, 0.6) is 0 Å². The van der Waals surface area contributed by atoms with E-state index in [1.807, 2.05) is 6.08 Å². The number of allylic oxidation sites excluding steroid dienone is 2. The monoisotopic (exact) mass is 406 g/mol. The van der Waals surface area contributed by atoms with Crippen molar-refractivity contribution in [2.24, 2.45) is 35.5 Å². The number of carboxylic acid groups (broad SMARTS) is 2. The fourth-order valence-electron chi connectivity index (χ4n) is 5.65. The molecule has 28 heavy (non-hydrogen) atoms. The van der Waals surface area contributed by atoms with Crippen molar-refractivity contribution >= 4 is 17.7 Å². The Bertz CT molecular complexity index is 569. The van der Waals surface area contributed by atoms with Crippen molar-refractivity contribution < 1.29 is 83.7 Å². The number of fused-ring (bicyclic) bond motifs is 1. The maximum absolute atomic E-state index is 12.8. The van der Waals surface area contributed by atoms with Crippen molar-refractivity contribution in [3.8, 4) is 0 Å². The molecule has 5 nitrogen and oxygen atoms in total. The maximum Gasteiger partial charge on any atom is 1.00 e.